The van der Waals surface area contributed by atoms with Crippen molar-refractivity contribution in [2.24, 2.45) is 0 Å². The van der Waals surface area contributed by atoms with Crippen LogP contribution < -0.4 is 5.32 Å². The van der Waals surface area contributed by atoms with E-state index >= 15 is 0 Å². The molecule has 0 saturated carbocycles. The molecule has 0 aliphatic rings. The number of carbonyl (C=O) groups is 1. The van der Waals surface area contributed by atoms with Crippen LogP contribution in [0.2, 0.25) is 0 Å². The minimum absolute atomic E-state index is 0.0695. The maximum absolute atomic E-state index is 11.9. The molecular weight excluding hydrogens is 262 g/mol. The van der Waals surface area contributed by atoms with Crippen molar-refractivity contribution in [1.82, 2.24) is 15.2 Å². The Bertz CT molecular complexity index is 605. The standard InChI is InChI=1S/C17H23N3O/c1-4-20(12-16(21)19-13(2)3)11-15-8-5-7-14-9-6-10-18-17(14)15/h5-10,13H,4,11-12H2,1-3H3,(H,19,21). The zero-order chi connectivity index (χ0) is 15.2. The van der Waals surface area contributed by atoms with E-state index in [1.807, 2.05) is 32.2 Å². The lowest BCUT2D eigenvalue weighted by atomic mass is 10.1. The highest BCUT2D eigenvalue weighted by Gasteiger charge is 2.12. The van der Waals surface area contributed by atoms with E-state index in [1.165, 1.54) is 0 Å². The number of nitrogens with one attached hydrogen (secondary N) is 1. The lowest BCUT2D eigenvalue weighted by Gasteiger charge is -2.21. The van der Waals surface area contributed by atoms with Gasteiger partial charge in [0.1, 0.15) is 0 Å². The van der Waals surface area contributed by atoms with E-state index in [0.717, 1.165) is 29.6 Å². The average Bonchev–Trinajstić information content (AvgIpc) is 2.46. The third-order valence-corrected chi connectivity index (χ3v) is 3.37. The predicted octanol–water partition coefficient (Wildman–Crippen LogP) is 2.58. The van der Waals surface area contributed by atoms with Crippen molar-refractivity contribution in [2.45, 2.75) is 33.4 Å². The van der Waals surface area contributed by atoms with Gasteiger partial charge >= 0.3 is 0 Å². The molecule has 0 radical (unpaired) electrons. The number of rotatable bonds is 6. The molecule has 1 amide bonds. The van der Waals surface area contributed by atoms with Crippen LogP contribution in [0, 0.1) is 0 Å². The summed E-state index contributed by atoms with van der Waals surface area (Å²) in [6.45, 7) is 8.00. The van der Waals surface area contributed by atoms with Gasteiger partial charge in [-0.05, 0) is 32.0 Å². The van der Waals surface area contributed by atoms with E-state index in [2.05, 4.69) is 40.3 Å². The molecule has 112 valence electrons. The molecule has 1 heterocycles. The number of benzene rings is 1. The van der Waals surface area contributed by atoms with Crippen LogP contribution in [0.25, 0.3) is 10.9 Å². The average molecular weight is 285 g/mol. The molecule has 0 spiro atoms. The lowest BCUT2D eigenvalue weighted by Crippen LogP contribution is -2.39. The van der Waals surface area contributed by atoms with Crippen molar-refractivity contribution >= 4 is 16.8 Å². The first-order valence-corrected chi connectivity index (χ1v) is 7.44. The Morgan fingerprint density at radius 2 is 2.05 bits per heavy atom. The van der Waals surface area contributed by atoms with Crippen molar-refractivity contribution in [3.63, 3.8) is 0 Å². The summed E-state index contributed by atoms with van der Waals surface area (Å²) in [5.41, 5.74) is 2.18. The molecule has 2 aromatic rings. The van der Waals surface area contributed by atoms with Crippen LogP contribution in [0.15, 0.2) is 36.5 Å². The zero-order valence-corrected chi connectivity index (χ0v) is 13.0. The number of aromatic nitrogens is 1. The highest BCUT2D eigenvalue weighted by atomic mass is 16.2. The number of para-hydroxylation sites is 1. The van der Waals surface area contributed by atoms with Crippen molar-refractivity contribution in [3.05, 3.63) is 42.1 Å². The first-order chi connectivity index (χ1) is 10.1. The second-order valence-corrected chi connectivity index (χ2v) is 5.52. The van der Waals surface area contributed by atoms with Gasteiger partial charge in [0.25, 0.3) is 0 Å². The molecule has 0 saturated heterocycles. The van der Waals surface area contributed by atoms with Gasteiger partial charge in [-0.1, -0.05) is 31.2 Å². The third kappa shape index (κ3) is 4.26. The Morgan fingerprint density at radius 3 is 2.76 bits per heavy atom. The molecule has 0 fully saturated rings. The molecule has 0 unspecified atom stereocenters. The molecule has 0 bridgehead atoms. The van der Waals surface area contributed by atoms with Crippen molar-refractivity contribution in [2.75, 3.05) is 13.1 Å². The van der Waals surface area contributed by atoms with E-state index < -0.39 is 0 Å². The van der Waals surface area contributed by atoms with Crippen LogP contribution in [0.5, 0.6) is 0 Å². The Labute approximate surface area is 126 Å². The van der Waals surface area contributed by atoms with Crippen LogP contribution in [-0.2, 0) is 11.3 Å². The van der Waals surface area contributed by atoms with Crippen molar-refractivity contribution in [3.8, 4) is 0 Å². The zero-order valence-electron chi connectivity index (χ0n) is 13.0. The number of carbonyl (C=O) groups excluding carboxylic acids is 1. The van der Waals surface area contributed by atoms with E-state index in [-0.39, 0.29) is 11.9 Å². The van der Waals surface area contributed by atoms with E-state index in [9.17, 15) is 4.79 Å². The summed E-state index contributed by atoms with van der Waals surface area (Å²) in [4.78, 5) is 18.5. The number of pyridine rings is 1. The topological polar surface area (TPSA) is 45.2 Å². The smallest absolute Gasteiger partial charge is 0.234 e. The number of hydrogen-bond donors (Lipinski definition) is 1. The monoisotopic (exact) mass is 285 g/mol. The second-order valence-electron chi connectivity index (χ2n) is 5.52. The highest BCUT2D eigenvalue weighted by molar-refractivity contribution is 5.81. The van der Waals surface area contributed by atoms with Gasteiger partial charge in [-0.2, -0.15) is 0 Å². The second kappa shape index (κ2) is 7.18. The molecule has 0 atom stereocenters. The van der Waals surface area contributed by atoms with Gasteiger partial charge in [0.05, 0.1) is 12.1 Å². The molecular formula is C17H23N3O. The normalized spacial score (nSPS) is 11.3. The molecule has 21 heavy (non-hydrogen) atoms. The van der Waals surface area contributed by atoms with Crippen LogP contribution in [-0.4, -0.2) is 34.9 Å². The molecule has 2 rings (SSSR count). The fourth-order valence-corrected chi connectivity index (χ4v) is 2.39. The summed E-state index contributed by atoms with van der Waals surface area (Å²) in [5.74, 6) is 0.0695. The fraction of sp³-hybridized carbons (Fsp3) is 0.412. The first kappa shape index (κ1) is 15.4. The highest BCUT2D eigenvalue weighted by Crippen LogP contribution is 2.17. The summed E-state index contributed by atoms with van der Waals surface area (Å²) < 4.78 is 0. The van der Waals surface area contributed by atoms with E-state index in [4.69, 9.17) is 0 Å². The number of hydrogen-bond acceptors (Lipinski definition) is 3. The van der Waals surface area contributed by atoms with Crippen molar-refractivity contribution < 1.29 is 4.79 Å². The van der Waals surface area contributed by atoms with Gasteiger partial charge in [-0.3, -0.25) is 14.7 Å². The summed E-state index contributed by atoms with van der Waals surface area (Å²) in [7, 11) is 0. The van der Waals surface area contributed by atoms with Gasteiger partial charge in [-0.25, -0.2) is 0 Å². The number of amides is 1. The van der Waals surface area contributed by atoms with E-state index in [0.29, 0.717) is 6.54 Å². The summed E-state index contributed by atoms with van der Waals surface area (Å²) in [6.07, 6.45) is 1.81. The molecule has 1 aromatic heterocycles. The number of nitrogens with zero attached hydrogens (tertiary/aromatic N) is 2. The van der Waals surface area contributed by atoms with Gasteiger partial charge in [-0.15, -0.1) is 0 Å². The van der Waals surface area contributed by atoms with Gasteiger partial charge in [0, 0.05) is 24.2 Å². The Hall–Kier alpha value is -1.94. The summed E-state index contributed by atoms with van der Waals surface area (Å²) in [6, 6.07) is 10.4. The largest absolute Gasteiger partial charge is 0.353 e. The van der Waals surface area contributed by atoms with Crippen LogP contribution in [0.3, 0.4) is 0 Å². The predicted molar refractivity (Wildman–Crippen MR) is 86.0 cm³/mol. The van der Waals surface area contributed by atoms with Crippen LogP contribution >= 0.6 is 0 Å². The lowest BCUT2D eigenvalue weighted by molar-refractivity contribution is -0.122. The Morgan fingerprint density at radius 1 is 1.29 bits per heavy atom. The summed E-state index contributed by atoms with van der Waals surface area (Å²) >= 11 is 0. The van der Waals surface area contributed by atoms with E-state index in [1.54, 1.807) is 0 Å². The van der Waals surface area contributed by atoms with Crippen LogP contribution in [0.1, 0.15) is 26.3 Å². The quantitative estimate of drug-likeness (QED) is 0.887. The maximum Gasteiger partial charge on any atom is 0.234 e. The first-order valence-electron chi connectivity index (χ1n) is 7.44. The van der Waals surface area contributed by atoms with Crippen LogP contribution in [0.4, 0.5) is 0 Å². The van der Waals surface area contributed by atoms with Gasteiger partial charge in [0.15, 0.2) is 0 Å². The molecule has 1 aromatic carbocycles. The minimum Gasteiger partial charge on any atom is -0.353 e. The third-order valence-electron chi connectivity index (χ3n) is 3.37. The van der Waals surface area contributed by atoms with Gasteiger partial charge in [0.2, 0.25) is 5.91 Å². The number of fused-ring (bicyclic) bond motifs is 1. The Kier molecular flexibility index (Phi) is 5.28. The summed E-state index contributed by atoms with van der Waals surface area (Å²) in [5, 5.41) is 4.07. The molecule has 4 heteroatoms. The SMILES string of the molecule is CCN(CC(=O)NC(C)C)Cc1cccc2cccnc12. The molecule has 0 aliphatic carbocycles. The fourth-order valence-electron chi connectivity index (χ4n) is 2.39. The molecule has 1 N–H and O–H groups in total. The van der Waals surface area contributed by atoms with Gasteiger partial charge < -0.3 is 5.32 Å². The van der Waals surface area contributed by atoms with Crippen molar-refractivity contribution in [1.29, 1.82) is 0 Å². The Balaban J connectivity index is 2.12. The minimum atomic E-state index is 0.0695. The maximum atomic E-state index is 11.9. The molecule has 0 aliphatic heterocycles. The number of likely N-dealkylation sites (N-methyl/N-ethyl adjacent to an activating group) is 1. The molecule has 4 nitrogen and oxygen atoms in total.